The van der Waals surface area contributed by atoms with Crippen LogP contribution in [0.15, 0.2) is 18.2 Å². The molecule has 6 heteroatoms. The lowest BCUT2D eigenvalue weighted by atomic mass is 10.2. The first kappa shape index (κ1) is 14.7. The van der Waals surface area contributed by atoms with Gasteiger partial charge in [0.25, 0.3) is 0 Å². The molecule has 1 aromatic rings. The number of halogens is 1. The number of hydrogen-bond donors (Lipinski definition) is 3. The number of anilines is 1. The van der Waals surface area contributed by atoms with Gasteiger partial charge in [0.2, 0.25) is 11.8 Å². The van der Waals surface area contributed by atoms with Crippen molar-refractivity contribution in [2.45, 2.75) is 6.92 Å². The number of amides is 2. The summed E-state index contributed by atoms with van der Waals surface area (Å²) in [7, 11) is 0. The van der Waals surface area contributed by atoms with E-state index in [1.54, 1.807) is 0 Å². The van der Waals surface area contributed by atoms with E-state index >= 15 is 0 Å². The maximum Gasteiger partial charge on any atom is 0.243 e. The summed E-state index contributed by atoms with van der Waals surface area (Å²) in [5, 5.41) is 4.79. The van der Waals surface area contributed by atoms with Gasteiger partial charge in [-0.05, 0) is 18.2 Å². The lowest BCUT2D eigenvalue weighted by Gasteiger charge is -2.06. The lowest BCUT2D eigenvalue weighted by Crippen LogP contribution is -2.31. The molecule has 2 amide bonds. The number of rotatable bonds is 3. The molecule has 1 aromatic carbocycles. The van der Waals surface area contributed by atoms with Gasteiger partial charge in [0.05, 0.1) is 18.7 Å². The van der Waals surface area contributed by atoms with E-state index in [-0.39, 0.29) is 24.6 Å². The second-order valence-electron chi connectivity index (χ2n) is 3.66. The van der Waals surface area contributed by atoms with Crippen LogP contribution in [-0.4, -0.2) is 24.9 Å². The Morgan fingerprint density at radius 1 is 1.42 bits per heavy atom. The predicted molar refractivity (Wildman–Crippen MR) is 69.6 cm³/mol. The Morgan fingerprint density at radius 2 is 2.16 bits per heavy atom. The molecular weight excluding hydrogens is 249 g/mol. The third-order valence-electron chi connectivity index (χ3n) is 2.08. The third-order valence-corrected chi connectivity index (χ3v) is 2.08. The fourth-order valence-electron chi connectivity index (χ4n) is 1.25. The molecule has 5 nitrogen and oxygen atoms in total. The molecule has 0 heterocycles. The van der Waals surface area contributed by atoms with Crippen LogP contribution in [0.5, 0.6) is 0 Å². The van der Waals surface area contributed by atoms with Gasteiger partial charge in [-0.3, -0.25) is 9.59 Å². The Bertz CT molecular complexity index is 547. The van der Waals surface area contributed by atoms with Crippen molar-refractivity contribution in [2.75, 3.05) is 18.4 Å². The minimum Gasteiger partial charge on any atom is -0.347 e. The van der Waals surface area contributed by atoms with Crippen molar-refractivity contribution in [1.29, 1.82) is 0 Å². The zero-order valence-electron chi connectivity index (χ0n) is 10.4. The highest BCUT2D eigenvalue weighted by Crippen LogP contribution is 2.13. The summed E-state index contributed by atoms with van der Waals surface area (Å²) in [6.45, 7) is 1.29. The van der Waals surface area contributed by atoms with Crippen molar-refractivity contribution >= 4 is 17.5 Å². The maximum atomic E-state index is 13.6. The second kappa shape index (κ2) is 7.13. The zero-order chi connectivity index (χ0) is 14.3. The summed E-state index contributed by atoms with van der Waals surface area (Å²) < 4.78 is 13.6. The van der Waals surface area contributed by atoms with Crippen molar-refractivity contribution in [3.8, 4) is 11.8 Å². The van der Waals surface area contributed by atoms with E-state index in [0.717, 1.165) is 6.07 Å². The fourth-order valence-corrected chi connectivity index (χ4v) is 1.25. The van der Waals surface area contributed by atoms with E-state index in [0.29, 0.717) is 5.69 Å². The van der Waals surface area contributed by atoms with Crippen LogP contribution in [0.2, 0.25) is 0 Å². The van der Waals surface area contributed by atoms with Crippen molar-refractivity contribution in [3.63, 3.8) is 0 Å². The van der Waals surface area contributed by atoms with Crippen LogP contribution < -0.4 is 16.4 Å². The van der Waals surface area contributed by atoms with Crippen molar-refractivity contribution in [2.24, 2.45) is 5.73 Å². The van der Waals surface area contributed by atoms with Gasteiger partial charge in [-0.1, -0.05) is 11.8 Å². The van der Waals surface area contributed by atoms with Gasteiger partial charge in [-0.15, -0.1) is 0 Å². The molecule has 0 saturated carbocycles. The summed E-state index contributed by atoms with van der Waals surface area (Å²) in [5.74, 6) is 3.83. The number of nitrogens with one attached hydrogen (secondary N) is 2. The lowest BCUT2D eigenvalue weighted by molar-refractivity contribution is -0.122. The number of benzene rings is 1. The maximum absolute atomic E-state index is 13.6. The van der Waals surface area contributed by atoms with E-state index in [1.165, 1.54) is 19.1 Å². The summed E-state index contributed by atoms with van der Waals surface area (Å²) in [4.78, 5) is 22.0. The van der Waals surface area contributed by atoms with Crippen LogP contribution in [0, 0.1) is 17.7 Å². The first-order chi connectivity index (χ1) is 9.02. The quantitative estimate of drug-likeness (QED) is 0.682. The summed E-state index contributed by atoms with van der Waals surface area (Å²) in [6, 6.07) is 4.13. The summed E-state index contributed by atoms with van der Waals surface area (Å²) >= 11 is 0. The monoisotopic (exact) mass is 263 g/mol. The molecule has 0 saturated heterocycles. The van der Waals surface area contributed by atoms with Crippen LogP contribution in [0.4, 0.5) is 10.1 Å². The van der Waals surface area contributed by atoms with E-state index in [1.807, 2.05) is 0 Å². The Hall–Kier alpha value is -2.39. The van der Waals surface area contributed by atoms with Gasteiger partial charge in [-0.2, -0.15) is 0 Å². The smallest absolute Gasteiger partial charge is 0.243 e. The molecular formula is C13H14FN3O2. The predicted octanol–water partition coefficient (Wildman–Crippen LogP) is 0.210. The first-order valence-corrected chi connectivity index (χ1v) is 5.55. The molecule has 0 aliphatic rings. The molecule has 0 aliphatic carbocycles. The van der Waals surface area contributed by atoms with Crippen LogP contribution in [-0.2, 0) is 9.59 Å². The highest BCUT2D eigenvalue weighted by molar-refractivity contribution is 5.94. The summed E-state index contributed by atoms with van der Waals surface area (Å²) in [5.41, 5.74) is 5.70. The molecule has 0 bridgehead atoms. The molecule has 4 N–H and O–H groups in total. The molecule has 1 rings (SSSR count). The number of nitrogens with two attached hydrogens (primary N) is 1. The van der Waals surface area contributed by atoms with Gasteiger partial charge in [0.1, 0.15) is 5.82 Å². The topological polar surface area (TPSA) is 84.2 Å². The van der Waals surface area contributed by atoms with Gasteiger partial charge in [-0.25, -0.2) is 4.39 Å². The Morgan fingerprint density at radius 3 is 2.74 bits per heavy atom. The Labute approximate surface area is 110 Å². The van der Waals surface area contributed by atoms with Gasteiger partial charge in [0, 0.05) is 12.6 Å². The van der Waals surface area contributed by atoms with Crippen molar-refractivity contribution in [1.82, 2.24) is 5.32 Å². The normalized spacial score (nSPS) is 9.21. The molecule has 0 radical (unpaired) electrons. The number of carbonyl (C=O) groups is 2. The molecule has 0 aromatic heterocycles. The molecule has 0 fully saturated rings. The van der Waals surface area contributed by atoms with E-state index in [9.17, 15) is 14.0 Å². The Balaban J connectivity index is 2.68. The van der Waals surface area contributed by atoms with Crippen molar-refractivity contribution < 1.29 is 14.0 Å². The molecule has 0 spiro atoms. The van der Waals surface area contributed by atoms with Gasteiger partial charge in [0.15, 0.2) is 0 Å². The average molecular weight is 263 g/mol. The molecule has 0 aliphatic heterocycles. The first-order valence-electron chi connectivity index (χ1n) is 5.55. The third kappa shape index (κ3) is 5.19. The summed E-state index contributed by atoms with van der Waals surface area (Å²) in [6.07, 6.45) is 0. The zero-order valence-corrected chi connectivity index (χ0v) is 10.4. The van der Waals surface area contributed by atoms with Gasteiger partial charge >= 0.3 is 0 Å². The van der Waals surface area contributed by atoms with Crippen molar-refractivity contribution in [3.05, 3.63) is 29.6 Å². The number of hydrogen-bond acceptors (Lipinski definition) is 3. The second-order valence-corrected chi connectivity index (χ2v) is 3.66. The van der Waals surface area contributed by atoms with Crippen LogP contribution in [0.1, 0.15) is 12.5 Å². The van der Waals surface area contributed by atoms with Crippen LogP contribution >= 0.6 is 0 Å². The molecule has 0 unspecified atom stereocenters. The minimum atomic E-state index is -0.543. The highest BCUT2D eigenvalue weighted by atomic mass is 19.1. The Kier molecular flexibility index (Phi) is 5.51. The van der Waals surface area contributed by atoms with Crippen LogP contribution in [0.25, 0.3) is 0 Å². The molecule has 100 valence electrons. The molecule has 19 heavy (non-hydrogen) atoms. The highest BCUT2D eigenvalue weighted by Gasteiger charge is 2.05. The van der Waals surface area contributed by atoms with E-state index < -0.39 is 11.7 Å². The minimum absolute atomic E-state index is 0.147. The molecule has 0 atom stereocenters. The fraction of sp³-hybridized carbons (Fsp3) is 0.231. The average Bonchev–Trinajstić information content (AvgIpc) is 2.35. The SMILES string of the molecule is CC(=O)NCC(=O)Nc1ccc(C#CCN)c(F)c1. The van der Waals surface area contributed by atoms with E-state index in [2.05, 4.69) is 22.5 Å². The van der Waals surface area contributed by atoms with Gasteiger partial charge < -0.3 is 16.4 Å². The van der Waals surface area contributed by atoms with Crippen LogP contribution in [0.3, 0.4) is 0 Å². The number of carbonyl (C=O) groups excluding carboxylic acids is 2. The van der Waals surface area contributed by atoms with E-state index in [4.69, 9.17) is 5.73 Å². The largest absolute Gasteiger partial charge is 0.347 e. The standard InChI is InChI=1S/C13H14FN3O2/c1-9(18)16-8-13(19)17-11-5-4-10(3-2-6-15)12(14)7-11/h4-5,7H,6,8,15H2,1H3,(H,16,18)(H,17,19).